The van der Waals surface area contributed by atoms with Gasteiger partial charge in [0.05, 0.1) is 12.1 Å². The van der Waals surface area contributed by atoms with Gasteiger partial charge in [0, 0.05) is 25.4 Å². The molecule has 132 valence electrons. The molecule has 1 aromatic heterocycles. The maximum Gasteiger partial charge on any atom is 0.320 e. The Morgan fingerprint density at radius 2 is 2.17 bits per heavy atom. The van der Waals surface area contributed by atoms with Crippen molar-refractivity contribution in [1.82, 2.24) is 20.0 Å². The summed E-state index contributed by atoms with van der Waals surface area (Å²) in [7, 11) is 4.00. The number of aromatic nitrogens is 2. The van der Waals surface area contributed by atoms with Crippen molar-refractivity contribution in [2.24, 2.45) is 5.92 Å². The van der Waals surface area contributed by atoms with Crippen LogP contribution in [0.5, 0.6) is 0 Å². The van der Waals surface area contributed by atoms with E-state index in [1.807, 2.05) is 20.3 Å². The van der Waals surface area contributed by atoms with Crippen molar-refractivity contribution in [1.29, 1.82) is 0 Å². The number of nitrogens with zero attached hydrogens (tertiary/aromatic N) is 3. The van der Waals surface area contributed by atoms with Gasteiger partial charge in [-0.05, 0) is 39.8 Å². The topological polar surface area (TPSA) is 82.4 Å². The highest BCUT2D eigenvalue weighted by atomic mass is 16.3. The Kier molecular flexibility index (Phi) is 7.51. The SMILES string of the molecule is CC(C)CCC(C)(O)CNC(=O)Nc1ccn(CCN(C)C)n1. The summed E-state index contributed by atoms with van der Waals surface area (Å²) >= 11 is 0. The zero-order valence-electron chi connectivity index (χ0n) is 15.0. The molecule has 0 aliphatic rings. The minimum Gasteiger partial charge on any atom is -0.388 e. The number of rotatable bonds is 9. The van der Waals surface area contributed by atoms with Crippen LogP contribution in [-0.4, -0.2) is 58.6 Å². The van der Waals surface area contributed by atoms with Crippen LogP contribution in [0.25, 0.3) is 0 Å². The van der Waals surface area contributed by atoms with Gasteiger partial charge in [0.25, 0.3) is 0 Å². The molecule has 1 aromatic rings. The smallest absolute Gasteiger partial charge is 0.320 e. The van der Waals surface area contributed by atoms with E-state index >= 15 is 0 Å². The monoisotopic (exact) mass is 325 g/mol. The Hall–Kier alpha value is -1.60. The normalized spacial score (nSPS) is 14.1. The van der Waals surface area contributed by atoms with Gasteiger partial charge in [0.15, 0.2) is 5.82 Å². The van der Waals surface area contributed by atoms with E-state index in [1.54, 1.807) is 17.7 Å². The molecule has 23 heavy (non-hydrogen) atoms. The highest BCUT2D eigenvalue weighted by Gasteiger charge is 2.21. The van der Waals surface area contributed by atoms with Crippen LogP contribution in [0.15, 0.2) is 12.3 Å². The van der Waals surface area contributed by atoms with Gasteiger partial charge in [0.1, 0.15) is 0 Å². The van der Waals surface area contributed by atoms with E-state index in [-0.39, 0.29) is 12.6 Å². The van der Waals surface area contributed by atoms with E-state index in [0.29, 0.717) is 18.2 Å². The van der Waals surface area contributed by atoms with Crippen molar-refractivity contribution >= 4 is 11.8 Å². The highest BCUT2D eigenvalue weighted by molar-refractivity contribution is 5.88. The summed E-state index contributed by atoms with van der Waals surface area (Å²) in [5.41, 5.74) is -0.896. The van der Waals surface area contributed by atoms with E-state index in [4.69, 9.17) is 0 Å². The number of urea groups is 1. The van der Waals surface area contributed by atoms with Crippen molar-refractivity contribution < 1.29 is 9.90 Å². The highest BCUT2D eigenvalue weighted by Crippen LogP contribution is 2.15. The van der Waals surface area contributed by atoms with E-state index < -0.39 is 5.60 Å². The molecule has 3 N–H and O–H groups in total. The van der Waals surface area contributed by atoms with Crippen LogP contribution >= 0.6 is 0 Å². The largest absolute Gasteiger partial charge is 0.388 e. The van der Waals surface area contributed by atoms with Gasteiger partial charge >= 0.3 is 6.03 Å². The second-order valence-corrected chi connectivity index (χ2v) is 7.00. The Morgan fingerprint density at radius 3 is 2.78 bits per heavy atom. The van der Waals surface area contributed by atoms with Gasteiger partial charge in [-0.15, -0.1) is 0 Å². The predicted octanol–water partition coefficient (Wildman–Crippen LogP) is 1.75. The fourth-order valence-corrected chi connectivity index (χ4v) is 1.97. The maximum atomic E-state index is 11.9. The first-order valence-electron chi connectivity index (χ1n) is 8.13. The van der Waals surface area contributed by atoms with Crippen molar-refractivity contribution in [3.8, 4) is 0 Å². The summed E-state index contributed by atoms with van der Waals surface area (Å²) in [5, 5.41) is 19.9. The first-order valence-corrected chi connectivity index (χ1v) is 8.13. The van der Waals surface area contributed by atoms with Crippen LogP contribution in [0.1, 0.15) is 33.6 Å². The number of hydrogen-bond donors (Lipinski definition) is 3. The number of carbonyl (C=O) groups excluding carboxylic acids is 1. The number of aliphatic hydroxyl groups is 1. The summed E-state index contributed by atoms with van der Waals surface area (Å²) in [6.07, 6.45) is 3.41. The zero-order chi connectivity index (χ0) is 17.5. The number of anilines is 1. The quantitative estimate of drug-likeness (QED) is 0.646. The Morgan fingerprint density at radius 1 is 1.48 bits per heavy atom. The van der Waals surface area contributed by atoms with Gasteiger partial charge < -0.3 is 15.3 Å². The molecule has 0 aliphatic heterocycles. The molecule has 0 aromatic carbocycles. The third-order valence-corrected chi connectivity index (χ3v) is 3.55. The maximum absolute atomic E-state index is 11.9. The minimum atomic E-state index is -0.896. The van der Waals surface area contributed by atoms with Gasteiger partial charge in [-0.25, -0.2) is 4.79 Å². The molecule has 0 radical (unpaired) electrons. The average Bonchev–Trinajstić information content (AvgIpc) is 2.89. The summed E-state index contributed by atoms with van der Waals surface area (Å²) < 4.78 is 1.79. The van der Waals surface area contributed by atoms with E-state index in [1.165, 1.54) is 0 Å². The van der Waals surface area contributed by atoms with Crippen molar-refractivity contribution in [2.75, 3.05) is 32.5 Å². The second kappa shape index (κ2) is 8.88. The molecule has 0 saturated carbocycles. The molecular weight excluding hydrogens is 294 g/mol. The molecule has 1 unspecified atom stereocenters. The summed E-state index contributed by atoms with van der Waals surface area (Å²) in [6.45, 7) is 7.83. The molecule has 1 atom stereocenters. The lowest BCUT2D eigenvalue weighted by molar-refractivity contribution is 0.0481. The number of hydrogen-bond acceptors (Lipinski definition) is 4. The van der Waals surface area contributed by atoms with Crippen LogP contribution in [-0.2, 0) is 6.54 Å². The third-order valence-electron chi connectivity index (χ3n) is 3.55. The second-order valence-electron chi connectivity index (χ2n) is 7.00. The average molecular weight is 325 g/mol. The molecule has 0 spiro atoms. The molecule has 0 fully saturated rings. The molecule has 0 bridgehead atoms. The van der Waals surface area contributed by atoms with Crippen molar-refractivity contribution in [3.05, 3.63) is 12.3 Å². The van der Waals surface area contributed by atoms with Gasteiger partial charge in [-0.2, -0.15) is 5.10 Å². The minimum absolute atomic E-state index is 0.215. The van der Waals surface area contributed by atoms with Crippen LogP contribution in [0, 0.1) is 5.92 Å². The molecule has 7 nitrogen and oxygen atoms in total. The van der Waals surface area contributed by atoms with Gasteiger partial charge in [-0.1, -0.05) is 13.8 Å². The standard InChI is InChI=1S/C16H31N5O2/c1-13(2)6-8-16(3,23)12-17-15(22)18-14-7-9-21(19-14)11-10-20(4)5/h7,9,13,23H,6,8,10-12H2,1-5H3,(H2,17,18,19,22). The molecule has 1 rings (SSSR count). The lowest BCUT2D eigenvalue weighted by Gasteiger charge is -2.24. The number of amides is 2. The Bertz CT molecular complexity index is 483. The van der Waals surface area contributed by atoms with E-state index in [0.717, 1.165) is 19.5 Å². The molecule has 0 aliphatic carbocycles. The van der Waals surface area contributed by atoms with Crippen molar-refractivity contribution in [3.63, 3.8) is 0 Å². The van der Waals surface area contributed by atoms with Crippen LogP contribution in [0.2, 0.25) is 0 Å². The number of likely N-dealkylation sites (N-methyl/N-ethyl adjacent to an activating group) is 1. The van der Waals surface area contributed by atoms with Gasteiger partial charge in [-0.3, -0.25) is 10.00 Å². The predicted molar refractivity (Wildman–Crippen MR) is 92.5 cm³/mol. The molecule has 1 heterocycles. The van der Waals surface area contributed by atoms with E-state index in [9.17, 15) is 9.90 Å². The fraction of sp³-hybridized carbons (Fsp3) is 0.750. The van der Waals surface area contributed by atoms with E-state index in [2.05, 4.69) is 34.5 Å². The lowest BCUT2D eigenvalue weighted by Crippen LogP contribution is -2.42. The van der Waals surface area contributed by atoms with Crippen molar-refractivity contribution in [2.45, 2.75) is 45.8 Å². The Balaban J connectivity index is 2.36. The molecular formula is C16H31N5O2. The number of nitrogens with one attached hydrogen (secondary N) is 2. The van der Waals surface area contributed by atoms with Crippen LogP contribution in [0.4, 0.5) is 10.6 Å². The first-order chi connectivity index (χ1) is 10.7. The summed E-state index contributed by atoms with van der Waals surface area (Å²) in [4.78, 5) is 14.0. The third kappa shape index (κ3) is 8.56. The van der Waals surface area contributed by atoms with Crippen LogP contribution in [0.3, 0.4) is 0 Å². The molecule has 2 amide bonds. The summed E-state index contributed by atoms with van der Waals surface area (Å²) in [6, 6.07) is 1.40. The lowest BCUT2D eigenvalue weighted by atomic mass is 9.95. The van der Waals surface area contributed by atoms with Crippen LogP contribution < -0.4 is 10.6 Å². The molecule has 0 saturated heterocycles. The number of carbonyl (C=O) groups is 1. The first kappa shape index (κ1) is 19.4. The van der Waals surface area contributed by atoms with Gasteiger partial charge in [0.2, 0.25) is 0 Å². The summed E-state index contributed by atoms with van der Waals surface area (Å²) in [5.74, 6) is 1.03. The fourth-order valence-electron chi connectivity index (χ4n) is 1.97. The molecule has 7 heteroatoms. The Labute approximate surface area is 139 Å². The zero-order valence-corrected chi connectivity index (χ0v) is 15.0.